The van der Waals surface area contributed by atoms with Gasteiger partial charge in [0.05, 0.1) is 61.6 Å². The van der Waals surface area contributed by atoms with Crippen molar-refractivity contribution in [1.29, 1.82) is 0 Å². The number of ether oxygens (including phenoxy) is 7. The number of methoxy groups -OCH3 is 7. The van der Waals surface area contributed by atoms with Crippen LogP contribution in [0.4, 0.5) is 0 Å². The Balaban J connectivity index is 2.20. The van der Waals surface area contributed by atoms with Gasteiger partial charge in [0.25, 0.3) is 5.56 Å². The molecule has 0 N–H and O–H groups in total. The molecule has 0 atom stereocenters. The molecule has 220 valence electrons. The molecule has 0 aliphatic rings. The fourth-order valence-electron chi connectivity index (χ4n) is 4.78. The van der Waals surface area contributed by atoms with Crippen molar-refractivity contribution in [3.63, 3.8) is 0 Å². The summed E-state index contributed by atoms with van der Waals surface area (Å²) in [7, 11) is 9.91. The first-order valence-corrected chi connectivity index (χ1v) is 12.7. The van der Waals surface area contributed by atoms with Crippen LogP contribution in [0, 0.1) is 0 Å². The van der Waals surface area contributed by atoms with E-state index in [-0.39, 0.29) is 17.5 Å². The zero-order valence-corrected chi connectivity index (χ0v) is 24.4. The Morgan fingerprint density at radius 1 is 0.667 bits per heavy atom. The first kappa shape index (κ1) is 29.8. The van der Waals surface area contributed by atoms with E-state index in [9.17, 15) is 14.4 Å². The Morgan fingerprint density at radius 3 is 1.69 bits per heavy atom. The van der Waals surface area contributed by atoms with E-state index in [1.165, 1.54) is 54.3 Å². The van der Waals surface area contributed by atoms with Gasteiger partial charge in [-0.2, -0.15) is 0 Å². The highest BCUT2D eigenvalue weighted by molar-refractivity contribution is 6.08. The van der Waals surface area contributed by atoms with Gasteiger partial charge in [0, 0.05) is 16.6 Å². The third kappa shape index (κ3) is 5.28. The molecule has 4 rings (SSSR count). The van der Waals surface area contributed by atoms with E-state index >= 15 is 0 Å². The summed E-state index contributed by atoms with van der Waals surface area (Å²) in [5, 5.41) is 0.633. The summed E-state index contributed by atoms with van der Waals surface area (Å²) in [6.45, 7) is 0. The fraction of sp³-hybridized carbons (Fsp3) is 0.258. The topological polar surface area (TPSA) is 121 Å². The number of carbonyl (C=O) groups is 2. The predicted molar refractivity (Wildman–Crippen MR) is 155 cm³/mol. The van der Waals surface area contributed by atoms with Crippen LogP contribution in [-0.4, -0.2) is 66.3 Å². The van der Waals surface area contributed by atoms with Crippen LogP contribution in [-0.2, 0) is 20.7 Å². The lowest BCUT2D eigenvalue weighted by Crippen LogP contribution is -2.27. The quantitative estimate of drug-likeness (QED) is 0.254. The van der Waals surface area contributed by atoms with E-state index in [1.54, 1.807) is 48.5 Å². The van der Waals surface area contributed by atoms with E-state index in [1.807, 2.05) is 0 Å². The summed E-state index contributed by atoms with van der Waals surface area (Å²) in [4.78, 5) is 39.6. The lowest BCUT2D eigenvalue weighted by molar-refractivity contribution is -0.139. The number of nitrogens with zero attached hydrogens (tertiary/aromatic N) is 1. The highest BCUT2D eigenvalue weighted by atomic mass is 16.5. The molecule has 0 unspecified atom stereocenters. The van der Waals surface area contributed by atoms with Crippen LogP contribution in [0.5, 0.6) is 28.7 Å². The van der Waals surface area contributed by atoms with Crippen molar-refractivity contribution in [2.75, 3.05) is 49.8 Å². The summed E-state index contributed by atoms with van der Waals surface area (Å²) in [5.74, 6) is 0.504. The molecule has 42 heavy (non-hydrogen) atoms. The summed E-state index contributed by atoms with van der Waals surface area (Å²) >= 11 is 0. The van der Waals surface area contributed by atoms with Gasteiger partial charge in [0.2, 0.25) is 5.75 Å². The highest BCUT2D eigenvalue weighted by Crippen LogP contribution is 2.45. The lowest BCUT2D eigenvalue weighted by atomic mass is 9.95. The van der Waals surface area contributed by atoms with Crippen molar-refractivity contribution in [1.82, 2.24) is 4.57 Å². The lowest BCUT2D eigenvalue weighted by Gasteiger charge is -2.21. The van der Waals surface area contributed by atoms with Crippen LogP contribution in [0.25, 0.3) is 27.6 Å². The van der Waals surface area contributed by atoms with E-state index in [0.717, 1.165) is 0 Å². The minimum atomic E-state index is -0.772. The van der Waals surface area contributed by atoms with Gasteiger partial charge >= 0.3 is 11.9 Å². The van der Waals surface area contributed by atoms with Crippen molar-refractivity contribution >= 4 is 22.7 Å². The maximum absolute atomic E-state index is 14.2. The number of aromatic nitrogens is 1. The van der Waals surface area contributed by atoms with E-state index in [4.69, 9.17) is 33.2 Å². The Kier molecular flexibility index (Phi) is 8.90. The Morgan fingerprint density at radius 2 is 1.21 bits per heavy atom. The van der Waals surface area contributed by atoms with Crippen molar-refractivity contribution < 1.29 is 42.7 Å². The number of carbonyl (C=O) groups excluding carboxylic acids is 2. The molecular weight excluding hydrogens is 546 g/mol. The molecule has 0 saturated carbocycles. The zero-order chi connectivity index (χ0) is 30.6. The molecule has 1 aromatic heterocycles. The second-order valence-electron chi connectivity index (χ2n) is 8.94. The molecule has 0 amide bonds. The largest absolute Gasteiger partial charge is 0.493 e. The van der Waals surface area contributed by atoms with Gasteiger partial charge in [-0.15, -0.1) is 0 Å². The van der Waals surface area contributed by atoms with Gasteiger partial charge in [-0.05, 0) is 47.5 Å². The molecule has 0 spiro atoms. The average Bonchev–Trinajstić information content (AvgIpc) is 3.03. The molecule has 3 aromatic carbocycles. The number of benzene rings is 3. The van der Waals surface area contributed by atoms with Gasteiger partial charge in [-0.1, -0.05) is 12.1 Å². The van der Waals surface area contributed by atoms with Crippen LogP contribution in [0.3, 0.4) is 0 Å². The number of esters is 2. The Bertz CT molecular complexity index is 1680. The number of pyridine rings is 1. The molecule has 1 heterocycles. The molecule has 11 heteroatoms. The molecule has 0 fully saturated rings. The predicted octanol–water partition coefficient (Wildman–Crippen LogP) is 4.20. The normalized spacial score (nSPS) is 10.6. The summed E-state index contributed by atoms with van der Waals surface area (Å²) < 4.78 is 38.9. The standard InChI is InChI=1S/C31H31NO10/c1-36-22-15-20-21(16-23(22)37-2)30(34)32(19-10-8-17(9-11-19)12-26(33)40-5)28(31(35)42-7)27(20)18-13-24(38-3)29(41-6)25(14-18)39-4/h8-11,13-16H,12H2,1-7H3. The van der Waals surface area contributed by atoms with Gasteiger partial charge in [0.1, 0.15) is 5.69 Å². The number of fused-ring (bicyclic) bond motifs is 1. The second kappa shape index (κ2) is 12.5. The van der Waals surface area contributed by atoms with Crippen molar-refractivity contribution in [3.8, 4) is 45.6 Å². The van der Waals surface area contributed by atoms with Crippen molar-refractivity contribution in [2.45, 2.75) is 6.42 Å². The van der Waals surface area contributed by atoms with Gasteiger partial charge < -0.3 is 33.2 Å². The van der Waals surface area contributed by atoms with Crippen LogP contribution in [0.15, 0.2) is 53.3 Å². The van der Waals surface area contributed by atoms with E-state index in [2.05, 4.69) is 0 Å². The zero-order valence-electron chi connectivity index (χ0n) is 24.4. The van der Waals surface area contributed by atoms with E-state index in [0.29, 0.717) is 56.5 Å². The first-order valence-electron chi connectivity index (χ1n) is 12.7. The van der Waals surface area contributed by atoms with Crippen LogP contribution in [0.1, 0.15) is 16.1 Å². The fourth-order valence-corrected chi connectivity index (χ4v) is 4.78. The third-order valence-corrected chi connectivity index (χ3v) is 6.79. The SMILES string of the molecule is COC(=O)Cc1ccc(-n2c(C(=O)OC)c(-c3cc(OC)c(OC)c(OC)c3)c3cc(OC)c(OC)cc3c2=O)cc1. The molecule has 0 saturated heterocycles. The van der Waals surface area contributed by atoms with Gasteiger partial charge in [-0.3, -0.25) is 14.2 Å². The summed E-state index contributed by atoms with van der Waals surface area (Å²) in [5.41, 5.74) is 1.27. The van der Waals surface area contributed by atoms with Gasteiger partial charge in [-0.25, -0.2) is 4.79 Å². The average molecular weight is 578 g/mol. The molecule has 0 radical (unpaired) electrons. The smallest absolute Gasteiger partial charge is 0.355 e. The van der Waals surface area contributed by atoms with Crippen molar-refractivity contribution in [2.24, 2.45) is 0 Å². The third-order valence-electron chi connectivity index (χ3n) is 6.79. The van der Waals surface area contributed by atoms with Crippen molar-refractivity contribution in [3.05, 3.63) is 70.1 Å². The minimum absolute atomic E-state index is 0.0426. The molecule has 4 aromatic rings. The number of hydrogen-bond acceptors (Lipinski definition) is 10. The molecule has 0 aliphatic carbocycles. The second-order valence-corrected chi connectivity index (χ2v) is 8.94. The Labute approximate surface area is 242 Å². The number of rotatable bonds is 10. The highest BCUT2D eigenvalue weighted by Gasteiger charge is 2.28. The summed E-state index contributed by atoms with van der Waals surface area (Å²) in [6, 6.07) is 13.2. The summed E-state index contributed by atoms with van der Waals surface area (Å²) in [6.07, 6.45) is 0.0426. The first-order chi connectivity index (χ1) is 20.3. The number of hydrogen-bond donors (Lipinski definition) is 0. The molecular formula is C31H31NO10. The minimum Gasteiger partial charge on any atom is -0.493 e. The van der Waals surface area contributed by atoms with Crippen LogP contribution >= 0.6 is 0 Å². The Hall–Kier alpha value is -5.19. The monoisotopic (exact) mass is 577 g/mol. The maximum atomic E-state index is 14.2. The maximum Gasteiger partial charge on any atom is 0.355 e. The van der Waals surface area contributed by atoms with E-state index < -0.39 is 17.5 Å². The molecule has 0 aliphatic heterocycles. The molecule has 11 nitrogen and oxygen atoms in total. The van der Waals surface area contributed by atoms with Crippen LogP contribution < -0.4 is 29.2 Å². The van der Waals surface area contributed by atoms with Gasteiger partial charge in [0.15, 0.2) is 23.0 Å². The molecule has 0 bridgehead atoms. The van der Waals surface area contributed by atoms with Crippen LogP contribution in [0.2, 0.25) is 0 Å².